The van der Waals surface area contributed by atoms with Gasteiger partial charge in [-0.3, -0.25) is 0 Å². The zero-order valence-electron chi connectivity index (χ0n) is 9.84. The third kappa shape index (κ3) is 4.63. The molecular formula is C11H25NO. The minimum atomic E-state index is 0.471. The lowest BCUT2D eigenvalue weighted by Crippen LogP contribution is -2.42. The van der Waals surface area contributed by atoms with Crippen LogP contribution < -0.4 is 0 Å². The molecular weight excluding hydrogens is 162 g/mol. The summed E-state index contributed by atoms with van der Waals surface area (Å²) >= 11 is 0. The molecule has 0 radical (unpaired) electrons. The van der Waals surface area contributed by atoms with Crippen molar-refractivity contribution in [3.05, 3.63) is 0 Å². The van der Waals surface area contributed by atoms with Crippen molar-refractivity contribution in [2.24, 2.45) is 5.92 Å². The van der Waals surface area contributed by atoms with Gasteiger partial charge in [-0.2, -0.15) is 0 Å². The molecule has 1 heterocycles. The highest BCUT2D eigenvalue weighted by molar-refractivity contribution is 4.72. The van der Waals surface area contributed by atoms with E-state index in [1.165, 1.54) is 6.42 Å². The smallest absolute Gasteiger partial charge is 0.0727 e. The topological polar surface area (TPSA) is 12.5 Å². The van der Waals surface area contributed by atoms with E-state index in [0.717, 1.165) is 19.7 Å². The Kier molecular flexibility index (Phi) is 7.29. The molecule has 0 spiro atoms. The molecule has 0 N–H and O–H groups in total. The molecule has 1 rings (SSSR count). The molecule has 1 saturated heterocycles. The number of likely N-dealkylation sites (N-methyl/N-ethyl adjacent to an activating group) is 1. The van der Waals surface area contributed by atoms with Gasteiger partial charge in [0, 0.05) is 13.1 Å². The maximum atomic E-state index is 5.66. The van der Waals surface area contributed by atoms with Crippen molar-refractivity contribution in [1.82, 2.24) is 4.90 Å². The van der Waals surface area contributed by atoms with E-state index in [1.54, 1.807) is 0 Å². The van der Waals surface area contributed by atoms with Crippen LogP contribution in [0.25, 0.3) is 0 Å². The van der Waals surface area contributed by atoms with Crippen LogP contribution in [-0.2, 0) is 4.74 Å². The van der Waals surface area contributed by atoms with Gasteiger partial charge in [0.05, 0.1) is 12.7 Å². The minimum Gasteiger partial charge on any atom is -0.375 e. The van der Waals surface area contributed by atoms with Gasteiger partial charge < -0.3 is 9.64 Å². The largest absolute Gasteiger partial charge is 0.375 e. The Balaban J connectivity index is 0.000000671. The summed E-state index contributed by atoms with van der Waals surface area (Å²) in [7, 11) is 2.16. The number of rotatable bonds is 2. The van der Waals surface area contributed by atoms with E-state index in [1.807, 2.05) is 13.8 Å². The molecule has 2 heteroatoms. The first kappa shape index (κ1) is 12.9. The second-order valence-electron chi connectivity index (χ2n) is 3.56. The van der Waals surface area contributed by atoms with Crippen molar-refractivity contribution in [3.8, 4) is 0 Å². The highest BCUT2D eigenvalue weighted by Crippen LogP contribution is 2.15. The van der Waals surface area contributed by atoms with Crippen LogP contribution in [0.2, 0.25) is 0 Å². The van der Waals surface area contributed by atoms with Crippen LogP contribution in [0, 0.1) is 5.92 Å². The maximum absolute atomic E-state index is 5.66. The molecule has 0 aromatic rings. The Morgan fingerprint density at radius 3 is 2.54 bits per heavy atom. The summed E-state index contributed by atoms with van der Waals surface area (Å²) in [6.45, 7) is 11.6. The molecule has 1 aliphatic rings. The average molecular weight is 187 g/mol. The van der Waals surface area contributed by atoms with Gasteiger partial charge >= 0.3 is 0 Å². The SMILES string of the molecule is CC.CCC(C)C1CN(C)CCO1. The van der Waals surface area contributed by atoms with Crippen molar-refractivity contribution in [1.29, 1.82) is 0 Å². The molecule has 2 nitrogen and oxygen atoms in total. The summed E-state index contributed by atoms with van der Waals surface area (Å²) < 4.78 is 5.66. The van der Waals surface area contributed by atoms with E-state index in [0.29, 0.717) is 12.0 Å². The summed E-state index contributed by atoms with van der Waals surface area (Å²) in [4.78, 5) is 2.35. The highest BCUT2D eigenvalue weighted by atomic mass is 16.5. The third-order valence-electron chi connectivity index (χ3n) is 2.58. The molecule has 80 valence electrons. The molecule has 0 aliphatic carbocycles. The van der Waals surface area contributed by atoms with Crippen LogP contribution in [0.4, 0.5) is 0 Å². The van der Waals surface area contributed by atoms with Crippen LogP contribution in [-0.4, -0.2) is 37.7 Å². The van der Waals surface area contributed by atoms with Crippen LogP contribution in [0.15, 0.2) is 0 Å². The van der Waals surface area contributed by atoms with Gasteiger partial charge in [0.25, 0.3) is 0 Å². The number of hydrogen-bond acceptors (Lipinski definition) is 2. The van der Waals surface area contributed by atoms with Crippen molar-refractivity contribution in [2.75, 3.05) is 26.7 Å². The van der Waals surface area contributed by atoms with Crippen molar-refractivity contribution in [3.63, 3.8) is 0 Å². The Morgan fingerprint density at radius 2 is 2.08 bits per heavy atom. The van der Waals surface area contributed by atoms with Gasteiger partial charge in [-0.05, 0) is 13.0 Å². The van der Waals surface area contributed by atoms with E-state index in [4.69, 9.17) is 4.74 Å². The monoisotopic (exact) mass is 187 g/mol. The summed E-state index contributed by atoms with van der Waals surface area (Å²) in [6, 6.07) is 0. The predicted molar refractivity (Wildman–Crippen MR) is 58.0 cm³/mol. The van der Waals surface area contributed by atoms with Gasteiger partial charge in [0.1, 0.15) is 0 Å². The zero-order valence-corrected chi connectivity index (χ0v) is 9.84. The third-order valence-corrected chi connectivity index (χ3v) is 2.58. The maximum Gasteiger partial charge on any atom is 0.0727 e. The van der Waals surface area contributed by atoms with E-state index in [-0.39, 0.29) is 0 Å². The molecule has 0 saturated carbocycles. The van der Waals surface area contributed by atoms with E-state index in [2.05, 4.69) is 25.8 Å². The Hall–Kier alpha value is -0.0800. The highest BCUT2D eigenvalue weighted by Gasteiger charge is 2.21. The van der Waals surface area contributed by atoms with E-state index in [9.17, 15) is 0 Å². The fourth-order valence-electron chi connectivity index (χ4n) is 1.42. The van der Waals surface area contributed by atoms with Gasteiger partial charge in [-0.15, -0.1) is 0 Å². The summed E-state index contributed by atoms with van der Waals surface area (Å²) in [5.41, 5.74) is 0. The fourth-order valence-corrected chi connectivity index (χ4v) is 1.42. The summed E-state index contributed by atoms with van der Waals surface area (Å²) in [6.07, 6.45) is 1.69. The number of morpholine rings is 1. The molecule has 0 amide bonds. The molecule has 1 aliphatic heterocycles. The van der Waals surface area contributed by atoms with Gasteiger partial charge in [0.15, 0.2) is 0 Å². The van der Waals surface area contributed by atoms with E-state index >= 15 is 0 Å². The first-order valence-electron chi connectivity index (χ1n) is 5.54. The standard InChI is InChI=1S/C9H19NO.C2H6/c1-4-8(2)9-7-10(3)5-6-11-9;1-2/h8-9H,4-7H2,1-3H3;1-2H3. The molecule has 2 atom stereocenters. The van der Waals surface area contributed by atoms with Crippen LogP contribution in [0.1, 0.15) is 34.1 Å². The molecule has 13 heavy (non-hydrogen) atoms. The predicted octanol–water partition coefficient (Wildman–Crippen LogP) is 2.39. The number of hydrogen-bond donors (Lipinski definition) is 0. The summed E-state index contributed by atoms with van der Waals surface area (Å²) in [5.74, 6) is 0.706. The first-order chi connectivity index (χ1) is 6.24. The molecule has 0 aromatic heterocycles. The normalized spacial score (nSPS) is 26.1. The lowest BCUT2D eigenvalue weighted by atomic mass is 10.0. The fraction of sp³-hybridized carbons (Fsp3) is 1.00. The second kappa shape index (κ2) is 7.34. The molecule has 1 fully saturated rings. The van der Waals surface area contributed by atoms with Crippen molar-refractivity contribution in [2.45, 2.75) is 40.2 Å². The van der Waals surface area contributed by atoms with Gasteiger partial charge in [-0.1, -0.05) is 34.1 Å². The molecule has 0 aromatic carbocycles. The zero-order chi connectivity index (χ0) is 10.3. The van der Waals surface area contributed by atoms with E-state index < -0.39 is 0 Å². The van der Waals surface area contributed by atoms with Crippen LogP contribution in [0.5, 0.6) is 0 Å². The molecule has 2 unspecified atom stereocenters. The molecule has 0 bridgehead atoms. The Morgan fingerprint density at radius 1 is 1.46 bits per heavy atom. The second-order valence-corrected chi connectivity index (χ2v) is 3.56. The Labute approximate surface area is 83.3 Å². The summed E-state index contributed by atoms with van der Waals surface area (Å²) in [5, 5.41) is 0. The number of ether oxygens (including phenoxy) is 1. The average Bonchev–Trinajstić information content (AvgIpc) is 2.20. The lowest BCUT2D eigenvalue weighted by molar-refractivity contribution is -0.0469. The first-order valence-corrected chi connectivity index (χ1v) is 5.54. The lowest BCUT2D eigenvalue weighted by Gasteiger charge is -2.33. The van der Waals surface area contributed by atoms with Crippen molar-refractivity contribution >= 4 is 0 Å². The van der Waals surface area contributed by atoms with Crippen LogP contribution >= 0.6 is 0 Å². The van der Waals surface area contributed by atoms with Crippen molar-refractivity contribution < 1.29 is 4.74 Å². The Bertz CT molecular complexity index is 117. The number of nitrogens with zero attached hydrogens (tertiary/aromatic N) is 1. The minimum absolute atomic E-state index is 0.471. The van der Waals surface area contributed by atoms with Crippen LogP contribution in [0.3, 0.4) is 0 Å². The quantitative estimate of drug-likeness (QED) is 0.658. The van der Waals surface area contributed by atoms with Gasteiger partial charge in [-0.25, -0.2) is 0 Å². The van der Waals surface area contributed by atoms with Gasteiger partial charge in [0.2, 0.25) is 0 Å².